The van der Waals surface area contributed by atoms with Crippen molar-refractivity contribution < 1.29 is 0 Å². The van der Waals surface area contributed by atoms with Crippen LogP contribution in [0.25, 0.3) is 0 Å². The van der Waals surface area contributed by atoms with Crippen molar-refractivity contribution >= 4 is 17.3 Å². The van der Waals surface area contributed by atoms with Crippen LogP contribution in [0.1, 0.15) is 31.9 Å². The first-order chi connectivity index (χ1) is 8.10. The van der Waals surface area contributed by atoms with Crippen molar-refractivity contribution in [2.75, 3.05) is 18.0 Å². The van der Waals surface area contributed by atoms with Crippen LogP contribution in [0, 0.1) is 12.3 Å². The van der Waals surface area contributed by atoms with Gasteiger partial charge < -0.3 is 10.6 Å². The molecule has 17 heavy (non-hydrogen) atoms. The molecule has 1 aromatic carbocycles. The number of benzene rings is 1. The fourth-order valence-corrected chi connectivity index (χ4v) is 2.04. The first kappa shape index (κ1) is 13.9. The SMILES string of the molecule is C#CCN(CCC)c1ccc([C@H](C)N)cc1Cl. The zero-order chi connectivity index (χ0) is 12.8. The van der Waals surface area contributed by atoms with E-state index in [9.17, 15) is 0 Å². The quantitative estimate of drug-likeness (QED) is 0.814. The Labute approximate surface area is 109 Å². The molecule has 3 heteroatoms. The van der Waals surface area contributed by atoms with E-state index in [4.69, 9.17) is 23.8 Å². The van der Waals surface area contributed by atoms with Crippen LogP contribution >= 0.6 is 11.6 Å². The number of hydrogen-bond acceptors (Lipinski definition) is 2. The third-order valence-electron chi connectivity index (χ3n) is 2.61. The lowest BCUT2D eigenvalue weighted by Crippen LogP contribution is -2.24. The lowest BCUT2D eigenvalue weighted by molar-refractivity contribution is 0.809. The van der Waals surface area contributed by atoms with Gasteiger partial charge in [0.1, 0.15) is 0 Å². The molecule has 0 bridgehead atoms. The third-order valence-corrected chi connectivity index (χ3v) is 2.92. The zero-order valence-electron chi connectivity index (χ0n) is 10.4. The molecule has 0 saturated heterocycles. The zero-order valence-corrected chi connectivity index (χ0v) is 11.2. The second-order valence-corrected chi connectivity index (χ2v) is 4.53. The number of rotatable bonds is 5. The van der Waals surface area contributed by atoms with Crippen LogP contribution in [-0.4, -0.2) is 13.1 Å². The molecule has 0 aromatic heterocycles. The molecule has 0 amide bonds. The summed E-state index contributed by atoms with van der Waals surface area (Å²) in [5.41, 5.74) is 7.84. The van der Waals surface area contributed by atoms with Crippen molar-refractivity contribution in [2.24, 2.45) is 5.73 Å². The minimum Gasteiger partial charge on any atom is -0.359 e. The van der Waals surface area contributed by atoms with Gasteiger partial charge in [0.15, 0.2) is 0 Å². The Morgan fingerprint density at radius 3 is 2.71 bits per heavy atom. The maximum atomic E-state index is 6.27. The van der Waals surface area contributed by atoms with Gasteiger partial charge in [-0.1, -0.05) is 30.5 Å². The molecule has 0 heterocycles. The Morgan fingerprint density at radius 1 is 1.53 bits per heavy atom. The van der Waals surface area contributed by atoms with Crippen LogP contribution in [0.3, 0.4) is 0 Å². The van der Waals surface area contributed by atoms with E-state index < -0.39 is 0 Å². The van der Waals surface area contributed by atoms with Crippen molar-refractivity contribution in [1.29, 1.82) is 0 Å². The standard InChI is InChI=1S/C14H19ClN2/c1-4-8-17(9-5-2)14-7-6-12(11(3)16)10-13(14)15/h1,6-7,10-11H,5,8-9,16H2,2-3H3/t11-/m0/s1. The number of nitrogens with two attached hydrogens (primary N) is 1. The van der Waals surface area contributed by atoms with Gasteiger partial charge in [-0.2, -0.15) is 0 Å². The molecule has 1 atom stereocenters. The Hall–Kier alpha value is -1.17. The van der Waals surface area contributed by atoms with Gasteiger partial charge in [-0.15, -0.1) is 6.42 Å². The van der Waals surface area contributed by atoms with E-state index in [0.717, 1.165) is 24.2 Å². The minimum absolute atomic E-state index is 0.00573. The molecule has 0 unspecified atom stereocenters. The topological polar surface area (TPSA) is 29.3 Å². The normalized spacial score (nSPS) is 11.9. The lowest BCUT2D eigenvalue weighted by atomic mass is 10.1. The summed E-state index contributed by atoms with van der Waals surface area (Å²) in [5.74, 6) is 2.66. The van der Waals surface area contributed by atoms with Gasteiger partial charge in [0.2, 0.25) is 0 Å². The molecule has 1 rings (SSSR count). The molecule has 0 aliphatic rings. The molecular formula is C14H19ClN2. The van der Waals surface area contributed by atoms with E-state index in [1.54, 1.807) is 0 Å². The van der Waals surface area contributed by atoms with Crippen molar-refractivity contribution in [1.82, 2.24) is 0 Å². The van der Waals surface area contributed by atoms with Crippen LogP contribution < -0.4 is 10.6 Å². The van der Waals surface area contributed by atoms with E-state index >= 15 is 0 Å². The second-order valence-electron chi connectivity index (χ2n) is 4.13. The Balaban J connectivity index is 3.00. The lowest BCUT2D eigenvalue weighted by Gasteiger charge is -2.23. The van der Waals surface area contributed by atoms with Crippen molar-refractivity contribution in [3.8, 4) is 12.3 Å². The molecule has 0 aliphatic carbocycles. The van der Waals surface area contributed by atoms with Crippen LogP contribution in [0.4, 0.5) is 5.69 Å². The van der Waals surface area contributed by atoms with Crippen molar-refractivity contribution in [2.45, 2.75) is 26.3 Å². The summed E-state index contributed by atoms with van der Waals surface area (Å²) < 4.78 is 0. The molecule has 1 aromatic rings. The van der Waals surface area contributed by atoms with Gasteiger partial charge in [-0.05, 0) is 31.0 Å². The highest BCUT2D eigenvalue weighted by Crippen LogP contribution is 2.28. The minimum atomic E-state index is -0.00573. The highest BCUT2D eigenvalue weighted by Gasteiger charge is 2.10. The number of halogens is 1. The number of nitrogens with zero attached hydrogens (tertiary/aromatic N) is 1. The number of anilines is 1. The van der Waals surface area contributed by atoms with Gasteiger partial charge in [-0.25, -0.2) is 0 Å². The first-order valence-corrected chi connectivity index (χ1v) is 6.21. The summed E-state index contributed by atoms with van der Waals surface area (Å²) in [6.07, 6.45) is 6.41. The average Bonchev–Trinajstić information content (AvgIpc) is 2.28. The molecule has 92 valence electrons. The van der Waals surface area contributed by atoms with Gasteiger partial charge in [-0.3, -0.25) is 0 Å². The van der Waals surface area contributed by atoms with E-state index in [1.807, 2.05) is 25.1 Å². The molecule has 0 saturated carbocycles. The highest BCUT2D eigenvalue weighted by atomic mass is 35.5. The average molecular weight is 251 g/mol. The Kier molecular flexibility index (Phi) is 5.34. The van der Waals surface area contributed by atoms with E-state index in [2.05, 4.69) is 17.7 Å². The molecule has 2 nitrogen and oxygen atoms in total. The summed E-state index contributed by atoms with van der Waals surface area (Å²) in [4.78, 5) is 2.10. The van der Waals surface area contributed by atoms with Crippen molar-refractivity contribution in [3.05, 3.63) is 28.8 Å². The summed E-state index contributed by atoms with van der Waals surface area (Å²) in [5, 5.41) is 0.712. The predicted octanol–water partition coefficient (Wildman–Crippen LogP) is 3.21. The summed E-state index contributed by atoms with van der Waals surface area (Å²) in [6.45, 7) is 5.54. The molecule has 2 N–H and O–H groups in total. The van der Waals surface area contributed by atoms with E-state index in [1.165, 1.54) is 0 Å². The van der Waals surface area contributed by atoms with Gasteiger partial charge in [0.25, 0.3) is 0 Å². The largest absolute Gasteiger partial charge is 0.359 e. The molecular weight excluding hydrogens is 232 g/mol. The highest BCUT2D eigenvalue weighted by molar-refractivity contribution is 6.33. The smallest absolute Gasteiger partial charge is 0.0792 e. The van der Waals surface area contributed by atoms with Crippen LogP contribution in [0.2, 0.25) is 5.02 Å². The second kappa shape index (κ2) is 6.54. The molecule has 0 spiro atoms. The fraction of sp³-hybridized carbons (Fsp3) is 0.429. The van der Waals surface area contributed by atoms with E-state index in [-0.39, 0.29) is 6.04 Å². The maximum absolute atomic E-state index is 6.27. The van der Waals surface area contributed by atoms with Crippen LogP contribution in [0.15, 0.2) is 18.2 Å². The maximum Gasteiger partial charge on any atom is 0.0792 e. The number of hydrogen-bond donors (Lipinski definition) is 1. The van der Waals surface area contributed by atoms with Crippen LogP contribution in [0.5, 0.6) is 0 Å². The van der Waals surface area contributed by atoms with Crippen LogP contribution in [-0.2, 0) is 0 Å². The molecule has 0 fully saturated rings. The van der Waals surface area contributed by atoms with Crippen molar-refractivity contribution in [3.63, 3.8) is 0 Å². The monoisotopic (exact) mass is 250 g/mol. The summed E-state index contributed by atoms with van der Waals surface area (Å²) in [7, 11) is 0. The third kappa shape index (κ3) is 3.66. The summed E-state index contributed by atoms with van der Waals surface area (Å²) in [6, 6.07) is 5.91. The predicted molar refractivity (Wildman–Crippen MR) is 75.4 cm³/mol. The van der Waals surface area contributed by atoms with Gasteiger partial charge in [0, 0.05) is 12.6 Å². The fourth-order valence-electron chi connectivity index (χ4n) is 1.73. The Morgan fingerprint density at radius 2 is 2.24 bits per heavy atom. The Bertz CT molecular complexity index is 407. The van der Waals surface area contributed by atoms with Gasteiger partial charge >= 0.3 is 0 Å². The van der Waals surface area contributed by atoms with E-state index in [0.29, 0.717) is 11.6 Å². The summed E-state index contributed by atoms with van der Waals surface area (Å²) >= 11 is 6.27. The first-order valence-electron chi connectivity index (χ1n) is 5.83. The number of terminal acetylenes is 1. The molecule has 0 radical (unpaired) electrons. The van der Waals surface area contributed by atoms with Gasteiger partial charge in [0.05, 0.1) is 17.3 Å². The molecule has 0 aliphatic heterocycles.